The SMILES string of the molecule is Cc1ccc(NC(=O)CSc2nc3ccc(NC(=O)C4CCCCC4)cc3s2)c(C)c1. The van der Waals surface area contributed by atoms with Crippen molar-refractivity contribution in [2.24, 2.45) is 5.92 Å². The molecule has 2 amide bonds. The third-order valence-corrected chi connectivity index (χ3v) is 7.76. The van der Waals surface area contributed by atoms with E-state index in [9.17, 15) is 9.59 Å². The highest BCUT2D eigenvalue weighted by Gasteiger charge is 2.21. The summed E-state index contributed by atoms with van der Waals surface area (Å²) in [4.78, 5) is 29.5. The van der Waals surface area contributed by atoms with Crippen molar-refractivity contribution in [2.75, 3.05) is 16.4 Å². The number of hydrogen-bond donors (Lipinski definition) is 2. The summed E-state index contributed by atoms with van der Waals surface area (Å²) in [6.07, 6.45) is 5.49. The maximum atomic E-state index is 12.5. The minimum Gasteiger partial charge on any atom is -0.326 e. The van der Waals surface area contributed by atoms with Crippen LogP contribution in [0.3, 0.4) is 0 Å². The Labute approximate surface area is 191 Å². The van der Waals surface area contributed by atoms with E-state index in [1.165, 1.54) is 23.7 Å². The number of carbonyl (C=O) groups excluding carboxylic acids is 2. The van der Waals surface area contributed by atoms with Crippen LogP contribution in [-0.2, 0) is 9.59 Å². The Morgan fingerprint density at radius 1 is 1.06 bits per heavy atom. The quantitative estimate of drug-likeness (QED) is 0.438. The molecule has 1 aliphatic carbocycles. The number of nitrogens with one attached hydrogen (secondary N) is 2. The summed E-state index contributed by atoms with van der Waals surface area (Å²) in [6.45, 7) is 4.03. The first-order valence-electron chi connectivity index (χ1n) is 10.7. The molecule has 2 aromatic carbocycles. The van der Waals surface area contributed by atoms with E-state index in [-0.39, 0.29) is 17.7 Å². The van der Waals surface area contributed by atoms with E-state index in [1.807, 2.05) is 44.2 Å². The molecule has 1 saturated carbocycles. The molecular formula is C24H27N3O2S2. The fourth-order valence-corrected chi connectivity index (χ4v) is 5.83. The number of thiazole rings is 1. The molecule has 1 heterocycles. The van der Waals surface area contributed by atoms with Gasteiger partial charge in [0.25, 0.3) is 0 Å². The smallest absolute Gasteiger partial charge is 0.234 e. The predicted molar refractivity (Wildman–Crippen MR) is 130 cm³/mol. The maximum absolute atomic E-state index is 12.5. The van der Waals surface area contributed by atoms with Gasteiger partial charge in [0, 0.05) is 17.3 Å². The van der Waals surface area contributed by atoms with Gasteiger partial charge in [0.2, 0.25) is 11.8 Å². The zero-order chi connectivity index (χ0) is 21.8. The number of fused-ring (bicyclic) bond motifs is 1. The van der Waals surface area contributed by atoms with Crippen LogP contribution in [0.2, 0.25) is 0 Å². The lowest BCUT2D eigenvalue weighted by atomic mass is 9.88. The molecule has 0 radical (unpaired) electrons. The maximum Gasteiger partial charge on any atom is 0.234 e. The molecule has 1 aromatic heterocycles. The van der Waals surface area contributed by atoms with Gasteiger partial charge in [0.1, 0.15) is 0 Å². The Morgan fingerprint density at radius 3 is 2.65 bits per heavy atom. The molecule has 1 aliphatic rings. The van der Waals surface area contributed by atoms with E-state index in [0.29, 0.717) is 5.75 Å². The number of aromatic nitrogens is 1. The summed E-state index contributed by atoms with van der Waals surface area (Å²) < 4.78 is 1.86. The third kappa shape index (κ3) is 5.66. The van der Waals surface area contributed by atoms with Gasteiger partial charge in [0.05, 0.1) is 16.0 Å². The van der Waals surface area contributed by atoms with Gasteiger partial charge in [0.15, 0.2) is 4.34 Å². The van der Waals surface area contributed by atoms with Crippen molar-refractivity contribution < 1.29 is 9.59 Å². The fourth-order valence-electron chi connectivity index (χ4n) is 3.92. The largest absolute Gasteiger partial charge is 0.326 e. The van der Waals surface area contributed by atoms with Crippen LogP contribution in [0.15, 0.2) is 40.7 Å². The Balaban J connectivity index is 1.35. The summed E-state index contributed by atoms with van der Waals surface area (Å²) in [5, 5.41) is 6.04. The van der Waals surface area contributed by atoms with Crippen LogP contribution in [-0.4, -0.2) is 22.6 Å². The van der Waals surface area contributed by atoms with Crippen molar-refractivity contribution in [3.8, 4) is 0 Å². The minimum absolute atomic E-state index is 0.0448. The molecule has 0 saturated heterocycles. The van der Waals surface area contributed by atoms with Gasteiger partial charge < -0.3 is 10.6 Å². The van der Waals surface area contributed by atoms with Crippen LogP contribution in [0, 0.1) is 19.8 Å². The molecule has 0 aliphatic heterocycles. The van der Waals surface area contributed by atoms with Gasteiger partial charge in [-0.1, -0.05) is 48.7 Å². The van der Waals surface area contributed by atoms with Crippen LogP contribution < -0.4 is 10.6 Å². The lowest BCUT2D eigenvalue weighted by Gasteiger charge is -2.20. The zero-order valence-electron chi connectivity index (χ0n) is 17.9. The van der Waals surface area contributed by atoms with Gasteiger partial charge in [-0.3, -0.25) is 9.59 Å². The van der Waals surface area contributed by atoms with Crippen LogP contribution in [0.4, 0.5) is 11.4 Å². The average Bonchev–Trinajstić information content (AvgIpc) is 3.17. The molecule has 0 spiro atoms. The second-order valence-corrected chi connectivity index (χ2v) is 10.4. The van der Waals surface area contributed by atoms with Crippen molar-refractivity contribution in [3.63, 3.8) is 0 Å². The highest BCUT2D eigenvalue weighted by Crippen LogP contribution is 2.32. The number of aryl methyl sites for hydroxylation is 2. The minimum atomic E-state index is -0.0448. The van der Waals surface area contributed by atoms with Gasteiger partial charge in [-0.2, -0.15) is 0 Å². The highest BCUT2D eigenvalue weighted by molar-refractivity contribution is 8.01. The van der Waals surface area contributed by atoms with E-state index in [2.05, 4.69) is 21.7 Å². The number of nitrogens with zero attached hydrogens (tertiary/aromatic N) is 1. The number of benzene rings is 2. The summed E-state index contributed by atoms with van der Waals surface area (Å²) in [7, 11) is 0. The third-order valence-electron chi connectivity index (χ3n) is 5.60. The van der Waals surface area contributed by atoms with E-state index in [1.54, 1.807) is 11.3 Å². The number of amides is 2. The van der Waals surface area contributed by atoms with Crippen LogP contribution in [0.25, 0.3) is 10.2 Å². The number of carbonyl (C=O) groups is 2. The summed E-state index contributed by atoms with van der Waals surface area (Å²) >= 11 is 2.98. The van der Waals surface area contributed by atoms with Crippen molar-refractivity contribution >= 4 is 56.5 Å². The molecule has 5 nitrogen and oxygen atoms in total. The van der Waals surface area contributed by atoms with Crippen LogP contribution in [0.5, 0.6) is 0 Å². The van der Waals surface area contributed by atoms with Crippen LogP contribution in [0.1, 0.15) is 43.2 Å². The molecule has 31 heavy (non-hydrogen) atoms. The summed E-state index contributed by atoms with van der Waals surface area (Å²) in [5.41, 5.74) is 4.78. The van der Waals surface area contributed by atoms with Gasteiger partial charge >= 0.3 is 0 Å². The van der Waals surface area contributed by atoms with E-state index in [0.717, 1.165) is 57.2 Å². The molecule has 3 aromatic rings. The molecule has 0 unspecified atom stereocenters. The van der Waals surface area contributed by atoms with Crippen molar-refractivity contribution in [2.45, 2.75) is 50.3 Å². The monoisotopic (exact) mass is 453 g/mol. The van der Waals surface area contributed by atoms with Gasteiger partial charge in [-0.15, -0.1) is 11.3 Å². The molecule has 2 N–H and O–H groups in total. The first kappa shape index (κ1) is 21.8. The Hall–Kier alpha value is -2.38. The molecule has 7 heteroatoms. The Morgan fingerprint density at radius 2 is 1.87 bits per heavy atom. The number of hydrogen-bond acceptors (Lipinski definition) is 5. The molecular weight excluding hydrogens is 426 g/mol. The molecule has 4 rings (SSSR count). The lowest BCUT2D eigenvalue weighted by molar-refractivity contribution is -0.120. The molecule has 0 atom stereocenters. The van der Waals surface area contributed by atoms with Gasteiger partial charge in [-0.05, 0) is 56.5 Å². The van der Waals surface area contributed by atoms with Crippen LogP contribution >= 0.6 is 23.1 Å². The highest BCUT2D eigenvalue weighted by atomic mass is 32.2. The van der Waals surface area contributed by atoms with E-state index < -0.39 is 0 Å². The molecule has 162 valence electrons. The van der Waals surface area contributed by atoms with Gasteiger partial charge in [-0.25, -0.2) is 4.98 Å². The average molecular weight is 454 g/mol. The second kappa shape index (κ2) is 9.83. The number of rotatable bonds is 6. The summed E-state index contributed by atoms with van der Waals surface area (Å²) in [5.74, 6) is 0.517. The predicted octanol–water partition coefficient (Wildman–Crippen LogP) is 6.16. The first-order valence-corrected chi connectivity index (χ1v) is 12.5. The van der Waals surface area contributed by atoms with E-state index >= 15 is 0 Å². The first-order chi connectivity index (χ1) is 15.0. The van der Waals surface area contributed by atoms with Crippen molar-refractivity contribution in [1.29, 1.82) is 0 Å². The zero-order valence-corrected chi connectivity index (χ0v) is 19.5. The topological polar surface area (TPSA) is 71.1 Å². The lowest BCUT2D eigenvalue weighted by Crippen LogP contribution is -2.24. The number of thioether (sulfide) groups is 1. The second-order valence-electron chi connectivity index (χ2n) is 8.14. The Bertz CT molecular complexity index is 1100. The number of anilines is 2. The normalized spacial score (nSPS) is 14.5. The summed E-state index contributed by atoms with van der Waals surface area (Å²) in [6, 6.07) is 11.8. The Kier molecular flexibility index (Phi) is 6.92. The van der Waals surface area contributed by atoms with E-state index in [4.69, 9.17) is 0 Å². The van der Waals surface area contributed by atoms with Crippen molar-refractivity contribution in [1.82, 2.24) is 4.98 Å². The van der Waals surface area contributed by atoms with Crippen molar-refractivity contribution in [3.05, 3.63) is 47.5 Å². The molecule has 1 fully saturated rings. The molecule has 0 bridgehead atoms. The standard InChI is InChI=1S/C24H27N3O2S2/c1-15-8-10-19(16(2)12-15)26-22(28)14-30-24-27-20-11-9-18(13-21(20)31-24)25-23(29)17-6-4-3-5-7-17/h8-13,17H,3-7,14H2,1-2H3,(H,25,29)(H,26,28). The fraction of sp³-hybridized carbons (Fsp3) is 0.375.